The monoisotopic (exact) mass is 193 g/mol. The molecule has 0 radical (unpaired) electrons. The van der Waals surface area contributed by atoms with Crippen molar-refractivity contribution in [2.24, 2.45) is 0 Å². The van der Waals surface area contributed by atoms with Crippen molar-refractivity contribution in [2.75, 3.05) is 19.0 Å². The lowest BCUT2D eigenvalue weighted by Gasteiger charge is -2.12. The van der Waals surface area contributed by atoms with Gasteiger partial charge in [0.05, 0.1) is 13.7 Å². The number of nitrogens with one attached hydrogen (secondary N) is 1. The Morgan fingerprint density at radius 2 is 2.07 bits per heavy atom. The number of anilines is 1. The first-order chi connectivity index (χ1) is 6.70. The Bertz CT molecular complexity index is 334. The molecule has 3 heteroatoms. The van der Waals surface area contributed by atoms with Gasteiger partial charge in [-0.3, -0.25) is 0 Å². The van der Waals surface area contributed by atoms with E-state index in [0.717, 1.165) is 28.8 Å². The molecular weight excluding hydrogens is 178 g/mol. The Morgan fingerprint density at radius 1 is 1.36 bits per heavy atom. The van der Waals surface area contributed by atoms with Gasteiger partial charge in [-0.05, 0) is 37.1 Å². The van der Waals surface area contributed by atoms with Crippen molar-refractivity contribution in [1.29, 1.82) is 0 Å². The van der Waals surface area contributed by atoms with Crippen molar-refractivity contribution in [3.63, 3.8) is 0 Å². The molecule has 76 valence electrons. The number of methoxy groups -OCH3 is 1. The zero-order valence-corrected chi connectivity index (χ0v) is 8.76. The van der Waals surface area contributed by atoms with Crippen LogP contribution < -0.4 is 10.1 Å². The molecule has 1 aromatic carbocycles. The van der Waals surface area contributed by atoms with Gasteiger partial charge in [-0.25, -0.2) is 0 Å². The molecule has 1 N–H and O–H groups in total. The first-order valence-corrected chi connectivity index (χ1v) is 4.52. The molecule has 0 saturated carbocycles. The number of hydrogen-bond donors (Lipinski definition) is 1. The van der Waals surface area contributed by atoms with E-state index in [2.05, 4.69) is 5.32 Å². The van der Waals surface area contributed by atoms with Crippen molar-refractivity contribution in [3.8, 4) is 5.75 Å². The molecule has 0 heterocycles. The fourth-order valence-corrected chi connectivity index (χ4v) is 1.36. The number of carbonyl (C=O) groups is 1. The predicted molar refractivity (Wildman–Crippen MR) is 57.0 cm³/mol. The number of hydrogen-bond acceptors (Lipinski definition) is 3. The van der Waals surface area contributed by atoms with Crippen LogP contribution in [0.3, 0.4) is 0 Å². The van der Waals surface area contributed by atoms with Crippen molar-refractivity contribution in [2.45, 2.75) is 13.8 Å². The normalized spacial score (nSPS) is 9.64. The summed E-state index contributed by atoms with van der Waals surface area (Å²) >= 11 is 0. The summed E-state index contributed by atoms with van der Waals surface area (Å²) in [5.74, 6) is 0.874. The number of carbonyl (C=O) groups excluding carboxylic acids is 1. The summed E-state index contributed by atoms with van der Waals surface area (Å²) in [6, 6.07) is 3.82. The Kier molecular flexibility index (Phi) is 3.51. The highest BCUT2D eigenvalue weighted by atomic mass is 16.5. The second-order valence-corrected chi connectivity index (χ2v) is 3.11. The molecule has 1 rings (SSSR count). The highest BCUT2D eigenvalue weighted by molar-refractivity contribution is 5.64. The van der Waals surface area contributed by atoms with Crippen LogP contribution in [-0.2, 0) is 4.79 Å². The minimum Gasteiger partial charge on any atom is -0.496 e. The first kappa shape index (κ1) is 10.6. The number of rotatable bonds is 4. The van der Waals surface area contributed by atoms with E-state index in [-0.39, 0.29) is 0 Å². The Hall–Kier alpha value is -1.51. The molecule has 0 atom stereocenters. The average Bonchev–Trinajstić information content (AvgIpc) is 2.20. The van der Waals surface area contributed by atoms with E-state index in [9.17, 15) is 4.79 Å². The van der Waals surface area contributed by atoms with Gasteiger partial charge >= 0.3 is 0 Å². The van der Waals surface area contributed by atoms with Crippen LogP contribution in [-0.4, -0.2) is 19.9 Å². The minimum atomic E-state index is 0.340. The van der Waals surface area contributed by atoms with E-state index >= 15 is 0 Å². The molecule has 0 unspecified atom stereocenters. The summed E-state index contributed by atoms with van der Waals surface area (Å²) in [6.45, 7) is 4.35. The number of ether oxygens (including phenoxy) is 1. The van der Waals surface area contributed by atoms with Gasteiger partial charge in [0, 0.05) is 5.69 Å². The molecule has 1 aromatic rings. The summed E-state index contributed by atoms with van der Waals surface area (Å²) in [4.78, 5) is 10.2. The van der Waals surface area contributed by atoms with Crippen molar-refractivity contribution >= 4 is 12.0 Å². The molecule has 0 aliphatic heterocycles. The Labute approximate surface area is 84.1 Å². The van der Waals surface area contributed by atoms with Gasteiger partial charge < -0.3 is 14.8 Å². The highest BCUT2D eigenvalue weighted by Gasteiger charge is 2.05. The second kappa shape index (κ2) is 4.65. The van der Waals surface area contributed by atoms with E-state index in [0.29, 0.717) is 6.54 Å². The van der Waals surface area contributed by atoms with Crippen LogP contribution in [0.2, 0.25) is 0 Å². The van der Waals surface area contributed by atoms with Gasteiger partial charge in [0.2, 0.25) is 0 Å². The third-order valence-electron chi connectivity index (χ3n) is 2.33. The largest absolute Gasteiger partial charge is 0.496 e. The van der Waals surface area contributed by atoms with Gasteiger partial charge in [0.15, 0.2) is 0 Å². The third-order valence-corrected chi connectivity index (χ3v) is 2.33. The maximum Gasteiger partial charge on any atom is 0.139 e. The lowest BCUT2D eigenvalue weighted by atomic mass is 10.1. The van der Waals surface area contributed by atoms with Crippen LogP contribution in [0, 0.1) is 13.8 Å². The summed E-state index contributed by atoms with van der Waals surface area (Å²) in [5, 5.41) is 3.03. The topological polar surface area (TPSA) is 38.3 Å². The molecule has 0 saturated heterocycles. The predicted octanol–water partition coefficient (Wildman–Crippen LogP) is 1.92. The van der Waals surface area contributed by atoms with E-state index in [4.69, 9.17) is 4.74 Å². The molecule has 0 aliphatic carbocycles. The van der Waals surface area contributed by atoms with Crippen LogP contribution in [0.1, 0.15) is 11.1 Å². The van der Waals surface area contributed by atoms with Crippen molar-refractivity contribution in [3.05, 3.63) is 23.3 Å². The lowest BCUT2D eigenvalue weighted by molar-refractivity contribution is -0.106. The Balaban J connectivity index is 2.98. The fraction of sp³-hybridized carbons (Fsp3) is 0.364. The number of aldehydes is 1. The van der Waals surface area contributed by atoms with E-state index in [1.165, 1.54) is 0 Å². The van der Waals surface area contributed by atoms with E-state index in [1.54, 1.807) is 7.11 Å². The van der Waals surface area contributed by atoms with Crippen LogP contribution in [0.5, 0.6) is 5.75 Å². The SMILES string of the molecule is COc1ccc(NCC=O)c(C)c1C. The summed E-state index contributed by atoms with van der Waals surface area (Å²) in [6.07, 6.45) is 0.846. The maximum absolute atomic E-state index is 10.2. The quantitative estimate of drug-likeness (QED) is 0.742. The fourth-order valence-electron chi connectivity index (χ4n) is 1.36. The molecule has 0 fully saturated rings. The molecule has 3 nitrogen and oxygen atoms in total. The molecular formula is C11H15NO2. The van der Waals surface area contributed by atoms with Crippen LogP contribution in [0.25, 0.3) is 0 Å². The van der Waals surface area contributed by atoms with Gasteiger partial charge in [-0.1, -0.05) is 0 Å². The van der Waals surface area contributed by atoms with Gasteiger partial charge in [0.25, 0.3) is 0 Å². The molecule has 0 aromatic heterocycles. The van der Waals surface area contributed by atoms with E-state index < -0.39 is 0 Å². The average molecular weight is 193 g/mol. The van der Waals surface area contributed by atoms with Crippen LogP contribution >= 0.6 is 0 Å². The minimum absolute atomic E-state index is 0.340. The number of benzene rings is 1. The second-order valence-electron chi connectivity index (χ2n) is 3.11. The molecule has 0 amide bonds. The zero-order chi connectivity index (χ0) is 10.6. The zero-order valence-electron chi connectivity index (χ0n) is 8.76. The Morgan fingerprint density at radius 3 is 2.64 bits per heavy atom. The maximum atomic E-state index is 10.2. The summed E-state index contributed by atoms with van der Waals surface area (Å²) in [5.41, 5.74) is 3.20. The standard InChI is InChI=1S/C11H15NO2/c1-8-9(2)11(14-3)5-4-10(8)12-6-7-13/h4-5,7,12H,6H2,1-3H3. The molecule has 14 heavy (non-hydrogen) atoms. The van der Waals surface area contributed by atoms with Gasteiger partial charge in [0.1, 0.15) is 12.0 Å². The molecule has 0 spiro atoms. The molecule has 0 bridgehead atoms. The smallest absolute Gasteiger partial charge is 0.139 e. The van der Waals surface area contributed by atoms with Gasteiger partial charge in [-0.2, -0.15) is 0 Å². The third kappa shape index (κ3) is 2.05. The highest BCUT2D eigenvalue weighted by Crippen LogP contribution is 2.26. The van der Waals surface area contributed by atoms with Crippen LogP contribution in [0.4, 0.5) is 5.69 Å². The van der Waals surface area contributed by atoms with Crippen LogP contribution in [0.15, 0.2) is 12.1 Å². The summed E-state index contributed by atoms with van der Waals surface area (Å²) < 4.78 is 5.19. The van der Waals surface area contributed by atoms with E-state index in [1.807, 2.05) is 26.0 Å². The molecule has 0 aliphatic rings. The lowest BCUT2D eigenvalue weighted by Crippen LogP contribution is -2.04. The van der Waals surface area contributed by atoms with Gasteiger partial charge in [-0.15, -0.1) is 0 Å². The van der Waals surface area contributed by atoms with Crippen molar-refractivity contribution < 1.29 is 9.53 Å². The summed E-state index contributed by atoms with van der Waals surface area (Å²) in [7, 11) is 1.65. The van der Waals surface area contributed by atoms with Crippen molar-refractivity contribution in [1.82, 2.24) is 0 Å². The first-order valence-electron chi connectivity index (χ1n) is 4.52.